The van der Waals surface area contributed by atoms with E-state index in [0.717, 1.165) is 0 Å². The number of hydrogen-bond donors (Lipinski definition) is 2. The Labute approximate surface area is 88.5 Å². The van der Waals surface area contributed by atoms with Crippen molar-refractivity contribution in [1.29, 1.82) is 0 Å². The van der Waals surface area contributed by atoms with Crippen molar-refractivity contribution in [3.63, 3.8) is 0 Å². The second-order valence-electron chi connectivity index (χ2n) is 3.22. The fourth-order valence-corrected chi connectivity index (χ4v) is 1.17. The second-order valence-corrected chi connectivity index (χ2v) is 3.22. The van der Waals surface area contributed by atoms with E-state index in [0.29, 0.717) is 11.3 Å². The van der Waals surface area contributed by atoms with Gasteiger partial charge >= 0.3 is 0 Å². The van der Waals surface area contributed by atoms with Gasteiger partial charge in [0, 0.05) is 31.1 Å². The van der Waals surface area contributed by atoms with E-state index < -0.39 is 0 Å². The van der Waals surface area contributed by atoms with Gasteiger partial charge in [0.05, 0.1) is 0 Å². The minimum Gasteiger partial charge on any atom is -0.399 e. The lowest BCUT2D eigenvalue weighted by Gasteiger charge is -2.01. The Kier molecular flexibility index (Phi) is 3.85. The summed E-state index contributed by atoms with van der Waals surface area (Å²) in [6.45, 7) is 0. The van der Waals surface area contributed by atoms with Crippen molar-refractivity contribution >= 4 is 17.4 Å². The van der Waals surface area contributed by atoms with Gasteiger partial charge in [-0.15, -0.1) is 0 Å². The van der Waals surface area contributed by atoms with Crippen molar-refractivity contribution in [1.82, 2.24) is 5.32 Å². The van der Waals surface area contributed by atoms with Gasteiger partial charge in [0.1, 0.15) is 0 Å². The Morgan fingerprint density at radius 1 is 1.20 bits per heavy atom. The molecule has 0 bridgehead atoms. The zero-order valence-electron chi connectivity index (χ0n) is 8.62. The molecule has 0 aliphatic heterocycles. The molecule has 0 aromatic heterocycles. The fraction of sp³-hybridized carbons (Fsp3) is 0.273. The van der Waals surface area contributed by atoms with Gasteiger partial charge in [0.15, 0.2) is 5.78 Å². The van der Waals surface area contributed by atoms with Crippen LogP contribution in [0.5, 0.6) is 0 Å². The lowest BCUT2D eigenvalue weighted by atomic mass is 10.1. The maximum Gasteiger partial charge on any atom is 0.220 e. The zero-order chi connectivity index (χ0) is 11.3. The normalized spacial score (nSPS) is 9.67. The SMILES string of the molecule is CNC(=O)CCC(=O)c1ccc(N)cc1. The average molecular weight is 206 g/mol. The van der Waals surface area contributed by atoms with E-state index in [2.05, 4.69) is 5.32 Å². The topological polar surface area (TPSA) is 72.2 Å². The molecular weight excluding hydrogens is 192 g/mol. The minimum atomic E-state index is -0.126. The summed E-state index contributed by atoms with van der Waals surface area (Å²) in [5.41, 5.74) is 6.71. The fourth-order valence-electron chi connectivity index (χ4n) is 1.17. The second kappa shape index (κ2) is 5.14. The van der Waals surface area contributed by atoms with Crippen LogP contribution < -0.4 is 11.1 Å². The Morgan fingerprint density at radius 2 is 1.80 bits per heavy atom. The predicted molar refractivity (Wildman–Crippen MR) is 58.5 cm³/mol. The first-order chi connectivity index (χ1) is 7.13. The summed E-state index contributed by atoms with van der Waals surface area (Å²) in [5.74, 6) is -0.169. The number of nitrogens with one attached hydrogen (secondary N) is 1. The molecule has 1 amide bonds. The minimum absolute atomic E-state index is 0.0430. The number of carbonyl (C=O) groups is 2. The van der Waals surface area contributed by atoms with Crippen LogP contribution in [0.1, 0.15) is 23.2 Å². The third kappa shape index (κ3) is 3.42. The van der Waals surface area contributed by atoms with Crippen molar-refractivity contribution in [2.24, 2.45) is 0 Å². The molecule has 1 aromatic carbocycles. The van der Waals surface area contributed by atoms with E-state index in [1.807, 2.05) is 0 Å². The summed E-state index contributed by atoms with van der Waals surface area (Å²) in [7, 11) is 1.55. The maximum atomic E-state index is 11.6. The van der Waals surface area contributed by atoms with Crippen molar-refractivity contribution in [3.05, 3.63) is 29.8 Å². The van der Waals surface area contributed by atoms with Gasteiger partial charge in [-0.05, 0) is 24.3 Å². The smallest absolute Gasteiger partial charge is 0.220 e. The van der Waals surface area contributed by atoms with Crippen LogP contribution in [0.15, 0.2) is 24.3 Å². The van der Waals surface area contributed by atoms with E-state index in [9.17, 15) is 9.59 Å². The Hall–Kier alpha value is -1.84. The van der Waals surface area contributed by atoms with Gasteiger partial charge in [-0.25, -0.2) is 0 Å². The number of hydrogen-bond acceptors (Lipinski definition) is 3. The predicted octanol–water partition coefficient (Wildman–Crippen LogP) is 0.978. The quantitative estimate of drug-likeness (QED) is 0.569. The summed E-state index contributed by atoms with van der Waals surface area (Å²) in [6.07, 6.45) is 0.448. The van der Waals surface area contributed by atoms with E-state index >= 15 is 0 Å². The average Bonchev–Trinajstić information content (AvgIpc) is 2.26. The van der Waals surface area contributed by atoms with Crippen molar-refractivity contribution in [2.75, 3.05) is 12.8 Å². The summed E-state index contributed by atoms with van der Waals surface area (Å²) >= 11 is 0. The third-order valence-corrected chi connectivity index (χ3v) is 2.09. The van der Waals surface area contributed by atoms with Gasteiger partial charge in [-0.3, -0.25) is 9.59 Å². The van der Waals surface area contributed by atoms with Crippen LogP contribution in [0, 0.1) is 0 Å². The van der Waals surface area contributed by atoms with Crippen molar-refractivity contribution in [2.45, 2.75) is 12.8 Å². The standard InChI is InChI=1S/C11H14N2O2/c1-13-11(15)7-6-10(14)8-2-4-9(12)5-3-8/h2-5H,6-7,12H2,1H3,(H,13,15). The van der Waals surface area contributed by atoms with Gasteiger partial charge in [-0.1, -0.05) is 0 Å². The lowest BCUT2D eigenvalue weighted by molar-refractivity contribution is -0.120. The van der Waals surface area contributed by atoms with Crippen molar-refractivity contribution < 1.29 is 9.59 Å². The molecule has 3 N–H and O–H groups in total. The molecule has 0 radical (unpaired) electrons. The molecule has 0 saturated heterocycles. The Bertz CT molecular complexity index is 357. The summed E-state index contributed by atoms with van der Waals surface area (Å²) in [4.78, 5) is 22.5. The number of rotatable bonds is 4. The molecule has 4 nitrogen and oxygen atoms in total. The molecule has 0 unspecified atom stereocenters. The molecule has 0 aliphatic rings. The maximum absolute atomic E-state index is 11.6. The van der Waals surface area contributed by atoms with Crippen molar-refractivity contribution in [3.8, 4) is 0 Å². The molecular formula is C11H14N2O2. The molecule has 80 valence electrons. The highest BCUT2D eigenvalue weighted by atomic mass is 16.2. The van der Waals surface area contributed by atoms with E-state index in [1.54, 1.807) is 31.3 Å². The molecule has 0 atom stereocenters. The first kappa shape index (κ1) is 11.2. The molecule has 0 aliphatic carbocycles. The Balaban J connectivity index is 2.54. The van der Waals surface area contributed by atoms with Gasteiger partial charge in [0.2, 0.25) is 5.91 Å². The van der Waals surface area contributed by atoms with Crippen LogP contribution in [0.4, 0.5) is 5.69 Å². The molecule has 0 saturated carbocycles. The number of Topliss-reactive ketones (excluding diaryl/α,β-unsaturated/α-hetero) is 1. The number of nitrogen functional groups attached to an aromatic ring is 1. The molecule has 0 fully saturated rings. The van der Waals surface area contributed by atoms with E-state index in [1.165, 1.54) is 0 Å². The molecule has 0 spiro atoms. The van der Waals surface area contributed by atoms with Gasteiger partial charge in [-0.2, -0.15) is 0 Å². The lowest BCUT2D eigenvalue weighted by Crippen LogP contribution is -2.18. The van der Waals surface area contributed by atoms with E-state index in [-0.39, 0.29) is 24.5 Å². The van der Waals surface area contributed by atoms with Crippen LogP contribution in [-0.2, 0) is 4.79 Å². The largest absolute Gasteiger partial charge is 0.399 e. The monoisotopic (exact) mass is 206 g/mol. The first-order valence-electron chi connectivity index (χ1n) is 4.73. The highest BCUT2D eigenvalue weighted by molar-refractivity contribution is 5.98. The number of carbonyl (C=O) groups excluding carboxylic acids is 2. The molecule has 15 heavy (non-hydrogen) atoms. The molecule has 4 heteroatoms. The number of benzene rings is 1. The first-order valence-corrected chi connectivity index (χ1v) is 4.73. The van der Waals surface area contributed by atoms with Crippen LogP contribution in [0.2, 0.25) is 0 Å². The number of ketones is 1. The zero-order valence-corrected chi connectivity index (χ0v) is 8.62. The number of nitrogens with two attached hydrogens (primary N) is 1. The Morgan fingerprint density at radius 3 is 2.33 bits per heavy atom. The highest BCUT2D eigenvalue weighted by Crippen LogP contribution is 2.08. The van der Waals surface area contributed by atoms with Crippen LogP contribution in [-0.4, -0.2) is 18.7 Å². The summed E-state index contributed by atoms with van der Waals surface area (Å²) in [6, 6.07) is 6.68. The van der Waals surface area contributed by atoms with Crippen LogP contribution >= 0.6 is 0 Å². The summed E-state index contributed by atoms with van der Waals surface area (Å²) < 4.78 is 0. The number of amides is 1. The summed E-state index contributed by atoms with van der Waals surface area (Å²) in [5, 5.41) is 2.47. The molecule has 0 heterocycles. The highest BCUT2D eigenvalue weighted by Gasteiger charge is 2.07. The third-order valence-electron chi connectivity index (χ3n) is 2.09. The molecule has 1 rings (SSSR count). The number of anilines is 1. The van der Waals surface area contributed by atoms with E-state index in [4.69, 9.17) is 5.73 Å². The molecule has 1 aromatic rings. The van der Waals surface area contributed by atoms with Gasteiger partial charge < -0.3 is 11.1 Å². The van der Waals surface area contributed by atoms with Crippen LogP contribution in [0.3, 0.4) is 0 Å². The van der Waals surface area contributed by atoms with Gasteiger partial charge in [0.25, 0.3) is 0 Å². The van der Waals surface area contributed by atoms with Crippen LogP contribution in [0.25, 0.3) is 0 Å².